The lowest BCUT2D eigenvalue weighted by Crippen LogP contribution is -2.40. The molecule has 0 fully saturated rings. The number of benzene rings is 1. The fourth-order valence-electron chi connectivity index (χ4n) is 1.46. The number of halogens is 4. The monoisotopic (exact) mass is 341 g/mol. The van der Waals surface area contributed by atoms with Crippen LogP contribution in [0.2, 0.25) is 0 Å². The lowest BCUT2D eigenvalue weighted by Gasteiger charge is -2.26. The van der Waals surface area contributed by atoms with Gasteiger partial charge in [0, 0.05) is 11.4 Å². The first-order valence-corrected chi connectivity index (χ1v) is 7.72. The van der Waals surface area contributed by atoms with Crippen molar-refractivity contribution in [3.05, 3.63) is 29.6 Å². The Morgan fingerprint density at radius 1 is 1.27 bits per heavy atom. The van der Waals surface area contributed by atoms with Crippen molar-refractivity contribution in [2.75, 3.05) is 6.61 Å². The minimum Gasteiger partial charge on any atom is -0.598 e. The van der Waals surface area contributed by atoms with Crippen LogP contribution in [-0.2, 0) is 11.4 Å². The van der Waals surface area contributed by atoms with Crippen LogP contribution in [0, 0.1) is 5.82 Å². The summed E-state index contributed by atoms with van der Waals surface area (Å²) < 4.78 is 68.7. The van der Waals surface area contributed by atoms with Gasteiger partial charge in [-0.2, -0.15) is 13.2 Å². The third-order valence-corrected chi connectivity index (χ3v) is 4.37. The fourth-order valence-corrected chi connectivity index (χ4v) is 2.28. The second-order valence-corrected chi connectivity index (χ2v) is 7.81. The standard InChI is InChI=1S/C14H19F4NO2S/c1-9(19-22(20)13(2,3)4)10-5-6-11(15)12(7-10)21-8-14(16,17)18/h5-7,9,19H,8H2,1-4H3/t9-,22?/m1/s1. The first kappa shape index (κ1) is 19.1. The molecule has 8 heteroatoms. The van der Waals surface area contributed by atoms with Gasteiger partial charge in [0.1, 0.15) is 4.75 Å². The van der Waals surface area contributed by atoms with E-state index in [-0.39, 0.29) is 0 Å². The van der Waals surface area contributed by atoms with Crippen molar-refractivity contribution in [3.8, 4) is 5.75 Å². The van der Waals surface area contributed by atoms with Crippen LogP contribution in [0.3, 0.4) is 0 Å². The van der Waals surface area contributed by atoms with Gasteiger partial charge >= 0.3 is 6.18 Å². The smallest absolute Gasteiger partial charge is 0.422 e. The van der Waals surface area contributed by atoms with E-state index >= 15 is 0 Å². The number of nitrogens with one attached hydrogen (secondary N) is 1. The van der Waals surface area contributed by atoms with Crippen LogP contribution in [0.4, 0.5) is 17.6 Å². The highest BCUT2D eigenvalue weighted by Gasteiger charge is 2.30. The van der Waals surface area contributed by atoms with Crippen LogP contribution < -0.4 is 9.46 Å². The molecule has 0 amide bonds. The molecule has 0 aliphatic rings. The Balaban J connectivity index is 2.83. The molecule has 126 valence electrons. The first-order chi connectivity index (χ1) is 9.90. The summed E-state index contributed by atoms with van der Waals surface area (Å²) in [5.41, 5.74) is 0.483. The third kappa shape index (κ3) is 6.02. The minimum atomic E-state index is -4.54. The van der Waals surface area contributed by atoms with Crippen LogP contribution in [-0.4, -0.2) is 22.1 Å². The summed E-state index contributed by atoms with van der Waals surface area (Å²) in [6.45, 7) is 5.47. The molecule has 0 radical (unpaired) electrons. The van der Waals surface area contributed by atoms with Crippen molar-refractivity contribution in [2.45, 2.75) is 44.7 Å². The molecule has 0 saturated carbocycles. The normalized spacial score (nSPS) is 15.5. The predicted octanol–water partition coefficient (Wildman–Crippen LogP) is 3.88. The topological polar surface area (TPSA) is 44.3 Å². The van der Waals surface area contributed by atoms with Crippen molar-refractivity contribution >= 4 is 11.4 Å². The molecule has 3 nitrogen and oxygen atoms in total. The SMILES string of the molecule is C[C@@H](N[S+]([O-])C(C)(C)C)c1ccc(F)c(OCC(F)(F)F)c1. The van der Waals surface area contributed by atoms with Crippen molar-refractivity contribution in [1.29, 1.82) is 0 Å². The molecule has 0 bridgehead atoms. The van der Waals surface area contributed by atoms with Crippen LogP contribution >= 0.6 is 0 Å². The second kappa shape index (κ2) is 7.06. The maximum atomic E-state index is 13.5. The Labute approximate surface area is 130 Å². The molecule has 0 heterocycles. The maximum absolute atomic E-state index is 13.5. The van der Waals surface area contributed by atoms with E-state index in [1.807, 2.05) is 0 Å². The Morgan fingerprint density at radius 3 is 2.36 bits per heavy atom. The molecule has 1 aromatic rings. The molecule has 0 aliphatic heterocycles. The first-order valence-electron chi connectivity index (χ1n) is 6.57. The van der Waals surface area contributed by atoms with Gasteiger partial charge in [0.25, 0.3) is 0 Å². The average Bonchev–Trinajstić information content (AvgIpc) is 2.35. The summed E-state index contributed by atoms with van der Waals surface area (Å²) in [7, 11) is 0. The number of hydrogen-bond donors (Lipinski definition) is 1. The van der Waals surface area contributed by atoms with Crippen molar-refractivity contribution in [3.63, 3.8) is 0 Å². The van der Waals surface area contributed by atoms with Gasteiger partial charge in [-0.15, -0.1) is 4.72 Å². The van der Waals surface area contributed by atoms with Gasteiger partial charge in [-0.25, -0.2) is 4.39 Å². The molecule has 0 saturated heterocycles. The minimum absolute atomic E-state index is 0.436. The van der Waals surface area contributed by atoms with E-state index in [1.165, 1.54) is 12.1 Å². The van der Waals surface area contributed by atoms with Gasteiger partial charge in [0.2, 0.25) is 0 Å². The Hall–Kier alpha value is -0.990. The van der Waals surface area contributed by atoms with Crippen molar-refractivity contribution in [2.24, 2.45) is 0 Å². The molecular formula is C14H19F4NO2S. The zero-order valence-electron chi connectivity index (χ0n) is 12.8. The Bertz CT molecular complexity index is 503. The van der Waals surface area contributed by atoms with E-state index in [0.29, 0.717) is 5.56 Å². The Kier molecular flexibility index (Phi) is 6.11. The average molecular weight is 341 g/mol. The largest absolute Gasteiger partial charge is 0.598 e. The fraction of sp³-hybridized carbons (Fsp3) is 0.571. The van der Waals surface area contributed by atoms with Crippen LogP contribution in [0.25, 0.3) is 0 Å². The highest BCUT2D eigenvalue weighted by Crippen LogP contribution is 2.26. The predicted molar refractivity (Wildman–Crippen MR) is 77.4 cm³/mol. The molecule has 0 aromatic heterocycles. The van der Waals surface area contributed by atoms with Gasteiger partial charge in [-0.1, -0.05) is 6.07 Å². The third-order valence-electron chi connectivity index (χ3n) is 2.69. The molecule has 1 aromatic carbocycles. The van der Waals surface area contributed by atoms with Crippen LogP contribution in [0.1, 0.15) is 39.3 Å². The number of alkyl halides is 3. The van der Waals surface area contributed by atoms with Gasteiger partial charge in [0.05, 0.1) is 6.04 Å². The van der Waals surface area contributed by atoms with Crippen LogP contribution in [0.15, 0.2) is 18.2 Å². The Morgan fingerprint density at radius 2 is 1.86 bits per heavy atom. The number of ether oxygens (including phenoxy) is 1. The number of hydrogen-bond acceptors (Lipinski definition) is 3. The zero-order chi connectivity index (χ0) is 17.1. The summed E-state index contributed by atoms with van der Waals surface area (Å²) in [5, 5.41) is 0. The molecule has 1 rings (SSSR count). The molecule has 1 unspecified atom stereocenters. The van der Waals surface area contributed by atoms with Crippen molar-refractivity contribution < 1.29 is 26.9 Å². The van der Waals surface area contributed by atoms with E-state index in [2.05, 4.69) is 9.46 Å². The quantitative estimate of drug-likeness (QED) is 0.653. The van der Waals surface area contributed by atoms with Crippen LogP contribution in [0.5, 0.6) is 5.75 Å². The van der Waals surface area contributed by atoms with E-state index in [0.717, 1.165) is 6.07 Å². The molecule has 1 N–H and O–H groups in total. The summed E-state index contributed by atoms with van der Waals surface area (Å²) in [6.07, 6.45) is -4.54. The van der Waals surface area contributed by atoms with Gasteiger partial charge in [0.15, 0.2) is 18.2 Å². The summed E-state index contributed by atoms with van der Waals surface area (Å²) in [6, 6.07) is 3.18. The van der Waals surface area contributed by atoms with Gasteiger partial charge in [-0.05, 0) is 45.4 Å². The highest BCUT2D eigenvalue weighted by atomic mass is 32.2. The van der Waals surface area contributed by atoms with Gasteiger partial charge in [-0.3, -0.25) is 0 Å². The van der Waals surface area contributed by atoms with E-state index in [9.17, 15) is 22.1 Å². The van der Waals surface area contributed by atoms with E-state index < -0.39 is 46.5 Å². The maximum Gasteiger partial charge on any atom is 0.422 e. The second-order valence-electron chi connectivity index (χ2n) is 5.81. The summed E-state index contributed by atoms with van der Waals surface area (Å²) >= 11 is -1.36. The lowest BCUT2D eigenvalue weighted by atomic mass is 10.1. The van der Waals surface area contributed by atoms with Gasteiger partial charge < -0.3 is 9.29 Å². The molecule has 22 heavy (non-hydrogen) atoms. The molecule has 2 atom stereocenters. The summed E-state index contributed by atoms with van der Waals surface area (Å²) in [4.78, 5) is 0. The van der Waals surface area contributed by atoms with E-state index in [1.54, 1.807) is 27.7 Å². The zero-order valence-corrected chi connectivity index (χ0v) is 13.6. The molecule has 0 aliphatic carbocycles. The highest BCUT2D eigenvalue weighted by molar-refractivity contribution is 7.90. The molecular weight excluding hydrogens is 322 g/mol. The van der Waals surface area contributed by atoms with Crippen molar-refractivity contribution in [1.82, 2.24) is 4.72 Å². The number of rotatable bonds is 5. The van der Waals surface area contributed by atoms with E-state index in [4.69, 9.17) is 0 Å². The summed E-state index contributed by atoms with van der Waals surface area (Å²) in [5.74, 6) is -1.36. The molecule has 0 spiro atoms. The lowest BCUT2D eigenvalue weighted by molar-refractivity contribution is -0.153.